The van der Waals surface area contributed by atoms with Crippen molar-refractivity contribution in [2.75, 3.05) is 6.61 Å². The van der Waals surface area contributed by atoms with Crippen LogP contribution in [-0.4, -0.2) is 59.2 Å². The van der Waals surface area contributed by atoms with Gasteiger partial charge < -0.3 is 29.7 Å². The van der Waals surface area contributed by atoms with Crippen LogP contribution in [0.4, 0.5) is 0 Å². The molecule has 0 aromatic carbocycles. The third-order valence-electron chi connectivity index (χ3n) is 3.30. The van der Waals surface area contributed by atoms with Crippen molar-refractivity contribution < 1.29 is 29.2 Å². The summed E-state index contributed by atoms with van der Waals surface area (Å²) in [5.41, 5.74) is 0. The average molecular weight is 275 g/mol. The van der Waals surface area contributed by atoms with E-state index < -0.39 is 43.0 Å². The molecule has 0 unspecified atom stereocenters. The summed E-state index contributed by atoms with van der Waals surface area (Å²) in [6, 6.07) is -0.540. The molecule has 0 spiro atoms. The van der Waals surface area contributed by atoms with Crippen molar-refractivity contribution in [1.29, 1.82) is 0 Å². The maximum absolute atomic E-state index is 11.6. The zero-order chi connectivity index (χ0) is 14.2. The molecule has 2 fully saturated rings. The molecule has 2 aliphatic heterocycles. The number of amides is 1. The number of carbonyl (C=O) groups is 1. The fourth-order valence-electron chi connectivity index (χ4n) is 2.42. The molecular weight excluding hydrogens is 254 g/mol. The van der Waals surface area contributed by atoms with Crippen molar-refractivity contribution >= 4 is 5.91 Å². The standard InChI is InChI=1S/C12H21NO6/c1-4-7(16)13-8-9(6(15)5-14)17-11-10(8)18-12(2,3)19-11/h6,8-11,14-15H,4-5H2,1-3H3,(H,13,16)/t6-,8+,9-,10-,11-/m1/s1. The first-order valence-electron chi connectivity index (χ1n) is 6.47. The van der Waals surface area contributed by atoms with E-state index in [2.05, 4.69) is 5.32 Å². The average Bonchev–Trinajstić information content (AvgIpc) is 2.81. The van der Waals surface area contributed by atoms with E-state index in [1.165, 1.54) is 0 Å². The monoisotopic (exact) mass is 275 g/mol. The lowest BCUT2D eigenvalue weighted by Gasteiger charge is -2.28. The van der Waals surface area contributed by atoms with Gasteiger partial charge in [0.05, 0.1) is 12.6 Å². The number of nitrogens with one attached hydrogen (secondary N) is 1. The highest BCUT2D eigenvalue weighted by Gasteiger charge is 2.56. The summed E-state index contributed by atoms with van der Waals surface area (Å²) in [6.07, 6.45) is -2.66. The Morgan fingerprint density at radius 2 is 2.11 bits per heavy atom. The summed E-state index contributed by atoms with van der Waals surface area (Å²) in [7, 11) is 0. The minimum absolute atomic E-state index is 0.169. The summed E-state index contributed by atoms with van der Waals surface area (Å²) in [5.74, 6) is -0.961. The lowest BCUT2D eigenvalue weighted by molar-refractivity contribution is -0.218. The number of aliphatic hydroxyl groups excluding tert-OH is 2. The molecule has 7 nitrogen and oxygen atoms in total. The Morgan fingerprint density at radius 3 is 2.68 bits per heavy atom. The van der Waals surface area contributed by atoms with E-state index in [1.54, 1.807) is 20.8 Å². The molecule has 19 heavy (non-hydrogen) atoms. The fraction of sp³-hybridized carbons (Fsp3) is 0.917. The van der Waals surface area contributed by atoms with Crippen molar-refractivity contribution in [1.82, 2.24) is 5.32 Å². The maximum Gasteiger partial charge on any atom is 0.220 e. The maximum atomic E-state index is 11.6. The minimum atomic E-state index is -1.09. The second kappa shape index (κ2) is 5.34. The molecule has 0 aromatic heterocycles. The Hall–Kier alpha value is -0.730. The molecule has 7 heteroatoms. The molecule has 5 atom stereocenters. The number of hydrogen-bond donors (Lipinski definition) is 3. The molecule has 0 aromatic rings. The number of hydrogen-bond acceptors (Lipinski definition) is 6. The smallest absolute Gasteiger partial charge is 0.220 e. The van der Waals surface area contributed by atoms with Crippen LogP contribution in [0.1, 0.15) is 27.2 Å². The summed E-state index contributed by atoms with van der Waals surface area (Å²) in [6.45, 7) is 4.79. The quantitative estimate of drug-likeness (QED) is 0.616. The third kappa shape index (κ3) is 2.90. The van der Waals surface area contributed by atoms with Crippen molar-refractivity contribution in [3.05, 3.63) is 0 Å². The van der Waals surface area contributed by atoms with Gasteiger partial charge in [-0.1, -0.05) is 6.92 Å². The molecule has 2 heterocycles. The molecule has 2 saturated heterocycles. The highest BCUT2D eigenvalue weighted by molar-refractivity contribution is 5.76. The summed E-state index contributed by atoms with van der Waals surface area (Å²) in [4.78, 5) is 11.6. The zero-order valence-corrected chi connectivity index (χ0v) is 11.3. The van der Waals surface area contributed by atoms with Gasteiger partial charge in [0.1, 0.15) is 18.3 Å². The van der Waals surface area contributed by atoms with Gasteiger partial charge in [-0.3, -0.25) is 4.79 Å². The number of rotatable bonds is 4. The van der Waals surface area contributed by atoms with Gasteiger partial charge in [0, 0.05) is 6.42 Å². The number of fused-ring (bicyclic) bond motifs is 1. The first-order chi connectivity index (χ1) is 8.88. The van der Waals surface area contributed by atoms with Gasteiger partial charge in [0.15, 0.2) is 12.1 Å². The van der Waals surface area contributed by atoms with Crippen LogP contribution in [0, 0.1) is 0 Å². The van der Waals surface area contributed by atoms with E-state index in [0.29, 0.717) is 6.42 Å². The van der Waals surface area contributed by atoms with Gasteiger partial charge >= 0.3 is 0 Å². The van der Waals surface area contributed by atoms with Crippen molar-refractivity contribution in [2.24, 2.45) is 0 Å². The van der Waals surface area contributed by atoms with Crippen molar-refractivity contribution in [2.45, 2.75) is 63.6 Å². The van der Waals surface area contributed by atoms with E-state index in [0.717, 1.165) is 0 Å². The largest absolute Gasteiger partial charge is 0.394 e. The molecule has 1 amide bonds. The Labute approximate surface area is 111 Å². The van der Waals surface area contributed by atoms with Crippen molar-refractivity contribution in [3.63, 3.8) is 0 Å². The Kier molecular flexibility index (Phi) is 4.12. The van der Waals surface area contributed by atoms with Gasteiger partial charge in [0.25, 0.3) is 0 Å². The topological polar surface area (TPSA) is 97.3 Å². The number of aliphatic hydroxyl groups is 2. The zero-order valence-electron chi connectivity index (χ0n) is 11.3. The first kappa shape index (κ1) is 14.7. The Bertz CT molecular complexity index is 347. The molecule has 2 aliphatic rings. The van der Waals surface area contributed by atoms with Gasteiger partial charge in [-0.05, 0) is 13.8 Å². The van der Waals surface area contributed by atoms with E-state index in [1.807, 2.05) is 0 Å². The highest BCUT2D eigenvalue weighted by atomic mass is 16.8. The molecule has 0 bridgehead atoms. The molecule has 0 radical (unpaired) electrons. The molecule has 0 saturated carbocycles. The SMILES string of the molecule is CCC(=O)N[C@@H]1[C@H]2OC(C)(C)O[C@H]2O[C@@H]1[C@H](O)CO. The molecule has 3 N–H and O–H groups in total. The van der Waals surface area contributed by atoms with Crippen LogP contribution in [0.5, 0.6) is 0 Å². The predicted octanol–water partition coefficient (Wildman–Crippen LogP) is -0.889. The first-order valence-corrected chi connectivity index (χ1v) is 6.47. The Balaban J connectivity index is 2.13. The van der Waals surface area contributed by atoms with Gasteiger partial charge in [-0.25, -0.2) is 0 Å². The molecular formula is C12H21NO6. The van der Waals surface area contributed by atoms with E-state index >= 15 is 0 Å². The van der Waals surface area contributed by atoms with E-state index in [-0.39, 0.29) is 5.91 Å². The van der Waals surface area contributed by atoms with Crippen LogP contribution in [0.25, 0.3) is 0 Å². The second-order valence-electron chi connectivity index (χ2n) is 5.27. The normalized spacial score (nSPS) is 37.9. The third-order valence-corrected chi connectivity index (χ3v) is 3.30. The van der Waals surface area contributed by atoms with Crippen LogP contribution >= 0.6 is 0 Å². The minimum Gasteiger partial charge on any atom is -0.394 e. The number of ether oxygens (including phenoxy) is 3. The molecule has 2 rings (SSSR count). The van der Waals surface area contributed by atoms with Crippen LogP contribution in [0.2, 0.25) is 0 Å². The van der Waals surface area contributed by atoms with Gasteiger partial charge in [0.2, 0.25) is 5.91 Å². The Morgan fingerprint density at radius 1 is 1.42 bits per heavy atom. The van der Waals surface area contributed by atoms with Gasteiger partial charge in [-0.15, -0.1) is 0 Å². The lowest BCUT2D eigenvalue weighted by Crippen LogP contribution is -2.52. The van der Waals surface area contributed by atoms with Crippen LogP contribution in [0.3, 0.4) is 0 Å². The fourth-order valence-corrected chi connectivity index (χ4v) is 2.42. The van der Waals surface area contributed by atoms with E-state index in [4.69, 9.17) is 19.3 Å². The summed E-state index contributed by atoms with van der Waals surface area (Å²) >= 11 is 0. The lowest BCUT2D eigenvalue weighted by atomic mass is 10.0. The molecule has 110 valence electrons. The van der Waals surface area contributed by atoms with Crippen LogP contribution in [0.15, 0.2) is 0 Å². The summed E-state index contributed by atoms with van der Waals surface area (Å²) in [5, 5.41) is 21.6. The van der Waals surface area contributed by atoms with E-state index in [9.17, 15) is 9.90 Å². The second-order valence-corrected chi connectivity index (χ2v) is 5.27. The molecule has 0 aliphatic carbocycles. The van der Waals surface area contributed by atoms with Crippen LogP contribution in [-0.2, 0) is 19.0 Å². The van der Waals surface area contributed by atoms with Crippen LogP contribution < -0.4 is 5.32 Å². The summed E-state index contributed by atoms with van der Waals surface area (Å²) < 4.78 is 16.8. The predicted molar refractivity (Wildman–Crippen MR) is 64.0 cm³/mol. The highest BCUT2D eigenvalue weighted by Crippen LogP contribution is 2.38. The van der Waals surface area contributed by atoms with Crippen molar-refractivity contribution in [3.8, 4) is 0 Å². The van der Waals surface area contributed by atoms with Gasteiger partial charge in [-0.2, -0.15) is 0 Å². The number of carbonyl (C=O) groups excluding carboxylic acids is 1.